The van der Waals surface area contributed by atoms with Crippen LogP contribution in [0, 0.1) is 5.82 Å². The zero-order chi connectivity index (χ0) is 19.2. The molecule has 1 aromatic heterocycles. The minimum Gasteiger partial charge on any atom is -0.488 e. The van der Waals surface area contributed by atoms with Crippen molar-refractivity contribution in [1.29, 1.82) is 0 Å². The Morgan fingerprint density at radius 1 is 1.44 bits per heavy atom. The van der Waals surface area contributed by atoms with Gasteiger partial charge in [-0.15, -0.1) is 0 Å². The maximum absolute atomic E-state index is 14.3. The third-order valence-corrected chi connectivity index (χ3v) is 3.98. The van der Waals surface area contributed by atoms with Crippen molar-refractivity contribution < 1.29 is 23.8 Å². The van der Waals surface area contributed by atoms with Crippen molar-refractivity contribution in [3.8, 4) is 5.75 Å². The molecule has 1 aromatic carbocycles. The van der Waals surface area contributed by atoms with E-state index in [9.17, 15) is 14.3 Å². The van der Waals surface area contributed by atoms with E-state index in [1.807, 2.05) is 6.07 Å². The van der Waals surface area contributed by atoms with Crippen molar-refractivity contribution >= 4 is 17.6 Å². The third-order valence-electron chi connectivity index (χ3n) is 3.98. The molecule has 1 aliphatic rings. The van der Waals surface area contributed by atoms with Gasteiger partial charge in [-0.2, -0.15) is 0 Å². The largest absolute Gasteiger partial charge is 0.488 e. The summed E-state index contributed by atoms with van der Waals surface area (Å²) in [5.74, 6) is -0.0275. The SMILES string of the molecule is NC[C@H]1CN(c2ccc(OCC(O)CNc3ccccn3)c(F)c2)C(=O)O1. The minimum absolute atomic E-state index is 0.0152. The Bertz CT molecular complexity index is 777. The number of benzene rings is 1. The first kappa shape index (κ1) is 18.9. The van der Waals surface area contributed by atoms with Crippen LogP contribution in [0.5, 0.6) is 5.75 Å². The lowest BCUT2D eigenvalue weighted by molar-refractivity contribution is 0.115. The van der Waals surface area contributed by atoms with Gasteiger partial charge in [0.15, 0.2) is 11.6 Å². The van der Waals surface area contributed by atoms with E-state index >= 15 is 0 Å². The average molecular weight is 376 g/mol. The Labute approximate surface area is 155 Å². The summed E-state index contributed by atoms with van der Waals surface area (Å²) < 4.78 is 24.7. The molecular formula is C18H21FN4O4. The topological polar surface area (TPSA) is 110 Å². The monoisotopic (exact) mass is 376 g/mol. The number of aliphatic hydroxyl groups is 1. The number of carbonyl (C=O) groups excluding carboxylic acids is 1. The van der Waals surface area contributed by atoms with Crippen molar-refractivity contribution in [3.63, 3.8) is 0 Å². The maximum Gasteiger partial charge on any atom is 0.414 e. The highest BCUT2D eigenvalue weighted by Gasteiger charge is 2.31. The molecule has 0 radical (unpaired) electrons. The van der Waals surface area contributed by atoms with Gasteiger partial charge in [0.25, 0.3) is 0 Å². The molecule has 0 spiro atoms. The number of amides is 1. The highest BCUT2D eigenvalue weighted by molar-refractivity contribution is 5.89. The third kappa shape index (κ3) is 4.83. The standard InChI is InChI=1S/C18H21FN4O4/c19-15-7-12(23-10-14(8-20)27-18(23)25)4-5-16(15)26-11-13(24)9-22-17-3-1-2-6-21-17/h1-7,13-14,24H,8-11,20H2,(H,21,22)/t13?,14-/m0/s1. The van der Waals surface area contributed by atoms with E-state index in [1.165, 1.54) is 17.0 Å². The number of ether oxygens (including phenoxy) is 2. The summed E-state index contributed by atoms with van der Waals surface area (Å²) in [5.41, 5.74) is 5.85. The number of aromatic nitrogens is 1. The fourth-order valence-corrected chi connectivity index (χ4v) is 2.56. The molecule has 1 aliphatic heterocycles. The highest BCUT2D eigenvalue weighted by atomic mass is 19.1. The number of carbonyl (C=O) groups is 1. The Kier molecular flexibility index (Phi) is 6.05. The summed E-state index contributed by atoms with van der Waals surface area (Å²) >= 11 is 0. The van der Waals surface area contributed by atoms with Gasteiger partial charge in [-0.3, -0.25) is 4.90 Å². The molecule has 0 bridgehead atoms. The van der Waals surface area contributed by atoms with Gasteiger partial charge in [-0.05, 0) is 24.3 Å². The molecule has 0 saturated carbocycles. The Morgan fingerprint density at radius 3 is 2.96 bits per heavy atom. The maximum atomic E-state index is 14.3. The summed E-state index contributed by atoms with van der Waals surface area (Å²) in [6.07, 6.45) is -0.189. The predicted molar refractivity (Wildman–Crippen MR) is 97.3 cm³/mol. The van der Waals surface area contributed by atoms with Crippen LogP contribution in [0.1, 0.15) is 0 Å². The van der Waals surface area contributed by atoms with Crippen LogP contribution in [0.2, 0.25) is 0 Å². The number of cyclic esters (lactones) is 1. The van der Waals surface area contributed by atoms with E-state index < -0.39 is 24.1 Å². The van der Waals surface area contributed by atoms with Crippen molar-refractivity contribution in [3.05, 3.63) is 48.4 Å². The first-order valence-electron chi connectivity index (χ1n) is 8.50. The van der Waals surface area contributed by atoms with Crippen LogP contribution >= 0.6 is 0 Å². The van der Waals surface area contributed by atoms with Gasteiger partial charge in [0.05, 0.1) is 12.2 Å². The predicted octanol–water partition coefficient (Wildman–Crippen LogP) is 1.36. The minimum atomic E-state index is -0.857. The molecule has 3 rings (SSSR count). The molecule has 27 heavy (non-hydrogen) atoms. The van der Waals surface area contributed by atoms with Crippen LogP contribution in [0.25, 0.3) is 0 Å². The Morgan fingerprint density at radius 2 is 2.30 bits per heavy atom. The molecule has 144 valence electrons. The first-order chi connectivity index (χ1) is 13.1. The smallest absolute Gasteiger partial charge is 0.414 e. The zero-order valence-electron chi connectivity index (χ0n) is 14.5. The number of hydrogen-bond acceptors (Lipinski definition) is 7. The second kappa shape index (κ2) is 8.65. The average Bonchev–Trinajstić information content (AvgIpc) is 3.07. The number of halogens is 1. The molecule has 2 aromatic rings. The van der Waals surface area contributed by atoms with Gasteiger partial charge in [0.2, 0.25) is 0 Å². The van der Waals surface area contributed by atoms with Gasteiger partial charge in [0.1, 0.15) is 24.6 Å². The van der Waals surface area contributed by atoms with Crippen molar-refractivity contribution in [1.82, 2.24) is 4.98 Å². The molecule has 0 aliphatic carbocycles. The first-order valence-corrected chi connectivity index (χ1v) is 8.50. The number of anilines is 2. The van der Waals surface area contributed by atoms with E-state index in [4.69, 9.17) is 15.2 Å². The normalized spacial score (nSPS) is 17.5. The fourth-order valence-electron chi connectivity index (χ4n) is 2.56. The summed E-state index contributed by atoms with van der Waals surface area (Å²) in [6, 6.07) is 9.53. The lowest BCUT2D eigenvalue weighted by atomic mass is 10.2. The Hall–Kier alpha value is -2.91. The quantitative estimate of drug-likeness (QED) is 0.638. The number of nitrogens with one attached hydrogen (secondary N) is 1. The number of aliphatic hydroxyl groups excluding tert-OH is 1. The number of rotatable bonds is 8. The molecular weight excluding hydrogens is 355 g/mol. The van der Waals surface area contributed by atoms with Crippen LogP contribution in [-0.4, -0.2) is 54.6 Å². The summed E-state index contributed by atoms with van der Waals surface area (Å²) in [4.78, 5) is 17.2. The number of pyridine rings is 1. The van der Waals surface area contributed by atoms with E-state index in [0.717, 1.165) is 0 Å². The molecule has 1 fully saturated rings. The number of hydrogen-bond donors (Lipinski definition) is 3. The molecule has 1 unspecified atom stereocenters. The van der Waals surface area contributed by atoms with E-state index in [2.05, 4.69) is 10.3 Å². The van der Waals surface area contributed by atoms with Crippen LogP contribution < -0.4 is 20.7 Å². The lowest BCUT2D eigenvalue weighted by Crippen LogP contribution is -2.28. The highest BCUT2D eigenvalue weighted by Crippen LogP contribution is 2.27. The van der Waals surface area contributed by atoms with Crippen LogP contribution in [0.4, 0.5) is 20.7 Å². The second-order valence-corrected chi connectivity index (χ2v) is 6.03. The number of nitrogens with zero attached hydrogens (tertiary/aromatic N) is 2. The van der Waals surface area contributed by atoms with Crippen LogP contribution in [-0.2, 0) is 4.74 Å². The van der Waals surface area contributed by atoms with Crippen LogP contribution in [0.15, 0.2) is 42.6 Å². The summed E-state index contributed by atoms with van der Waals surface area (Å²) in [5, 5.41) is 12.9. The van der Waals surface area contributed by atoms with E-state index in [1.54, 1.807) is 24.4 Å². The zero-order valence-corrected chi connectivity index (χ0v) is 14.5. The molecule has 8 nitrogen and oxygen atoms in total. The van der Waals surface area contributed by atoms with E-state index in [-0.39, 0.29) is 32.0 Å². The van der Waals surface area contributed by atoms with Gasteiger partial charge in [0, 0.05) is 25.4 Å². The van der Waals surface area contributed by atoms with Crippen molar-refractivity contribution in [2.75, 3.05) is 36.5 Å². The fraction of sp³-hybridized carbons (Fsp3) is 0.333. The molecule has 4 N–H and O–H groups in total. The molecule has 1 amide bonds. The molecule has 2 heterocycles. The van der Waals surface area contributed by atoms with Crippen molar-refractivity contribution in [2.24, 2.45) is 5.73 Å². The second-order valence-electron chi connectivity index (χ2n) is 6.03. The molecule has 1 saturated heterocycles. The summed E-state index contributed by atoms with van der Waals surface area (Å²) in [6.45, 7) is 0.580. The van der Waals surface area contributed by atoms with Gasteiger partial charge in [-0.25, -0.2) is 14.2 Å². The Balaban J connectivity index is 1.53. The van der Waals surface area contributed by atoms with Gasteiger partial charge in [-0.1, -0.05) is 6.07 Å². The van der Waals surface area contributed by atoms with Gasteiger partial charge < -0.3 is 25.6 Å². The number of nitrogens with two attached hydrogens (primary N) is 1. The van der Waals surface area contributed by atoms with E-state index in [0.29, 0.717) is 11.5 Å². The molecule has 2 atom stereocenters. The van der Waals surface area contributed by atoms with Gasteiger partial charge >= 0.3 is 6.09 Å². The molecule has 9 heteroatoms. The summed E-state index contributed by atoms with van der Waals surface area (Å²) in [7, 11) is 0. The van der Waals surface area contributed by atoms with Crippen molar-refractivity contribution in [2.45, 2.75) is 12.2 Å². The van der Waals surface area contributed by atoms with Crippen LogP contribution in [0.3, 0.4) is 0 Å². The lowest BCUT2D eigenvalue weighted by Gasteiger charge is -2.16.